The maximum absolute atomic E-state index is 11.4. The van der Waals surface area contributed by atoms with E-state index >= 15 is 0 Å². The fraction of sp³-hybridized carbons (Fsp3) is 0.920. The predicted molar refractivity (Wildman–Crippen MR) is 122 cm³/mol. The van der Waals surface area contributed by atoms with Gasteiger partial charge in [-0.25, -0.2) is 0 Å². The van der Waals surface area contributed by atoms with Crippen molar-refractivity contribution in [1.29, 1.82) is 0 Å². The summed E-state index contributed by atoms with van der Waals surface area (Å²) in [7, 11) is 3.95. The first kappa shape index (κ1) is 28.9. The van der Waals surface area contributed by atoms with Crippen molar-refractivity contribution in [3.63, 3.8) is 0 Å². The number of hydrogen-bond acceptors (Lipinski definition) is 4. The average Bonchev–Trinajstić information content (AvgIpc) is 2.66. The summed E-state index contributed by atoms with van der Waals surface area (Å²) in [5, 5.41) is 10.7. The molecule has 0 aromatic rings. The number of carbonyl (C=O) groups excluding carboxylic acids is 2. The van der Waals surface area contributed by atoms with Crippen LogP contribution in [0.15, 0.2) is 0 Å². The molecule has 0 N–H and O–H groups in total. The Balaban J connectivity index is 3.77. The van der Waals surface area contributed by atoms with Gasteiger partial charge in [-0.3, -0.25) is 4.79 Å². The molecule has 0 aliphatic heterocycles. The van der Waals surface area contributed by atoms with Gasteiger partial charge in [-0.15, -0.1) is 0 Å². The Morgan fingerprint density at radius 2 is 1.23 bits per heavy atom. The topological polar surface area (TPSA) is 66.4 Å². The Morgan fingerprint density at radius 1 is 0.800 bits per heavy atom. The van der Waals surface area contributed by atoms with Crippen LogP contribution in [0.25, 0.3) is 0 Å². The number of aliphatic carboxylic acids is 1. The van der Waals surface area contributed by atoms with E-state index in [1.165, 1.54) is 90.4 Å². The summed E-state index contributed by atoms with van der Waals surface area (Å²) in [6, 6.07) is 0. The first-order valence-corrected chi connectivity index (χ1v) is 12.5. The standard InChI is InChI=1S/C25H49NO4/c1-5-6-7-8-9-10-11-12-13-14-15-16-17-18-19-24(30-23(2)27)22-26(3,4)21-20-25(28)29/h24H,5-22H2,1-4H3. The van der Waals surface area contributed by atoms with Crippen LogP contribution in [0, 0.1) is 0 Å². The summed E-state index contributed by atoms with van der Waals surface area (Å²) in [4.78, 5) is 22.1. The lowest BCUT2D eigenvalue weighted by Gasteiger charge is -2.33. The number of carboxylic acid groups (broad SMARTS) is 1. The van der Waals surface area contributed by atoms with Gasteiger partial charge in [0.1, 0.15) is 6.54 Å². The SMILES string of the molecule is CCCCCCCCCCCCCCCCC(C[N+](C)(C)CCC(=O)[O-])OC(C)=O. The maximum Gasteiger partial charge on any atom is 0.303 e. The summed E-state index contributed by atoms with van der Waals surface area (Å²) < 4.78 is 6.01. The number of quaternary nitrogens is 1. The minimum atomic E-state index is -1.03. The van der Waals surface area contributed by atoms with E-state index in [0.29, 0.717) is 17.6 Å². The van der Waals surface area contributed by atoms with Crippen molar-refractivity contribution in [1.82, 2.24) is 0 Å². The number of esters is 1. The highest BCUT2D eigenvalue weighted by Gasteiger charge is 2.24. The van der Waals surface area contributed by atoms with Gasteiger partial charge in [0.15, 0.2) is 6.10 Å². The number of carbonyl (C=O) groups is 2. The third-order valence-electron chi connectivity index (χ3n) is 5.83. The Labute approximate surface area is 186 Å². The summed E-state index contributed by atoms with van der Waals surface area (Å²) in [6.45, 7) is 4.84. The molecule has 0 aromatic heterocycles. The Hall–Kier alpha value is -1.10. The minimum absolute atomic E-state index is 0.0264. The van der Waals surface area contributed by atoms with Crippen molar-refractivity contribution >= 4 is 11.9 Å². The molecule has 0 saturated carbocycles. The number of hydrogen-bond donors (Lipinski definition) is 0. The molecule has 5 nitrogen and oxygen atoms in total. The van der Waals surface area contributed by atoms with Crippen LogP contribution < -0.4 is 5.11 Å². The van der Waals surface area contributed by atoms with Crippen LogP contribution in [-0.4, -0.2) is 49.7 Å². The first-order chi connectivity index (χ1) is 14.3. The molecule has 0 aromatic carbocycles. The normalized spacial score (nSPS) is 12.7. The van der Waals surface area contributed by atoms with Crippen molar-refractivity contribution in [3.05, 3.63) is 0 Å². The molecule has 0 heterocycles. The lowest BCUT2D eigenvalue weighted by Crippen LogP contribution is -2.48. The molecule has 0 aliphatic carbocycles. The molecular weight excluding hydrogens is 378 g/mol. The monoisotopic (exact) mass is 427 g/mol. The molecule has 0 fully saturated rings. The predicted octanol–water partition coefficient (Wildman–Crippen LogP) is 5.01. The Morgan fingerprint density at radius 3 is 1.63 bits per heavy atom. The zero-order chi connectivity index (χ0) is 22.7. The van der Waals surface area contributed by atoms with Gasteiger partial charge in [0.05, 0.1) is 20.6 Å². The Kier molecular flexibility index (Phi) is 18.0. The highest BCUT2D eigenvalue weighted by atomic mass is 16.5. The van der Waals surface area contributed by atoms with Crippen LogP contribution in [0.4, 0.5) is 0 Å². The lowest BCUT2D eigenvalue weighted by molar-refractivity contribution is -0.892. The third kappa shape index (κ3) is 20.2. The van der Waals surface area contributed by atoms with E-state index in [-0.39, 0.29) is 18.5 Å². The molecule has 30 heavy (non-hydrogen) atoms. The number of ether oxygens (including phenoxy) is 1. The molecule has 0 rings (SSSR count). The molecule has 0 saturated heterocycles. The van der Waals surface area contributed by atoms with E-state index in [1.54, 1.807) is 0 Å². The van der Waals surface area contributed by atoms with Crippen LogP contribution in [0.2, 0.25) is 0 Å². The first-order valence-electron chi connectivity index (χ1n) is 12.5. The fourth-order valence-corrected chi connectivity index (χ4v) is 4.03. The van der Waals surface area contributed by atoms with Crippen molar-refractivity contribution in [2.75, 3.05) is 27.2 Å². The molecule has 0 radical (unpaired) electrons. The number of carboxylic acids is 1. The third-order valence-corrected chi connectivity index (χ3v) is 5.83. The van der Waals surface area contributed by atoms with Gasteiger partial charge in [0.25, 0.3) is 0 Å². The Bertz CT molecular complexity index is 437. The van der Waals surface area contributed by atoms with Crippen LogP contribution >= 0.6 is 0 Å². The van der Waals surface area contributed by atoms with Crippen LogP contribution in [0.3, 0.4) is 0 Å². The highest BCUT2D eigenvalue weighted by Crippen LogP contribution is 2.16. The van der Waals surface area contributed by atoms with Gasteiger partial charge >= 0.3 is 5.97 Å². The maximum atomic E-state index is 11.4. The summed E-state index contributed by atoms with van der Waals surface area (Å²) in [6.07, 6.45) is 19.3. The molecule has 0 aliphatic rings. The number of nitrogens with zero attached hydrogens (tertiary/aromatic N) is 1. The summed E-state index contributed by atoms with van der Waals surface area (Å²) >= 11 is 0. The van der Waals surface area contributed by atoms with E-state index in [9.17, 15) is 14.7 Å². The molecule has 178 valence electrons. The van der Waals surface area contributed by atoms with Gasteiger partial charge in [-0.2, -0.15) is 0 Å². The van der Waals surface area contributed by atoms with E-state index in [2.05, 4.69) is 6.92 Å². The van der Waals surface area contributed by atoms with E-state index in [0.717, 1.165) is 12.8 Å². The second-order valence-corrected chi connectivity index (χ2v) is 9.58. The molecular formula is C25H49NO4. The number of rotatable bonds is 21. The van der Waals surface area contributed by atoms with E-state index in [4.69, 9.17) is 4.74 Å². The van der Waals surface area contributed by atoms with Crippen LogP contribution in [0.1, 0.15) is 117 Å². The molecule has 1 unspecified atom stereocenters. The van der Waals surface area contributed by atoms with Gasteiger partial charge < -0.3 is 19.1 Å². The minimum Gasteiger partial charge on any atom is -0.550 e. The second-order valence-electron chi connectivity index (χ2n) is 9.58. The van der Waals surface area contributed by atoms with Crippen molar-refractivity contribution in [2.24, 2.45) is 0 Å². The molecule has 0 spiro atoms. The lowest BCUT2D eigenvalue weighted by atomic mass is 10.0. The molecule has 0 bridgehead atoms. The fourth-order valence-electron chi connectivity index (χ4n) is 4.03. The second kappa shape index (κ2) is 18.7. The summed E-state index contributed by atoms with van der Waals surface area (Å²) in [5.41, 5.74) is 0. The largest absolute Gasteiger partial charge is 0.550 e. The van der Waals surface area contributed by atoms with E-state index < -0.39 is 5.97 Å². The van der Waals surface area contributed by atoms with Gasteiger partial charge in [-0.05, 0) is 12.8 Å². The smallest absolute Gasteiger partial charge is 0.303 e. The van der Waals surface area contributed by atoms with Crippen molar-refractivity contribution < 1.29 is 23.9 Å². The molecule has 0 amide bonds. The quantitative estimate of drug-likeness (QED) is 0.147. The average molecular weight is 428 g/mol. The van der Waals surface area contributed by atoms with Crippen LogP contribution in [0.5, 0.6) is 0 Å². The number of likely N-dealkylation sites (N-methyl/N-ethyl adjacent to an activating group) is 1. The highest BCUT2D eigenvalue weighted by molar-refractivity contribution is 5.66. The van der Waals surface area contributed by atoms with Gasteiger partial charge in [-0.1, -0.05) is 90.4 Å². The van der Waals surface area contributed by atoms with Crippen molar-refractivity contribution in [2.45, 2.75) is 123 Å². The molecule has 5 heteroatoms. The zero-order valence-electron chi connectivity index (χ0n) is 20.4. The summed E-state index contributed by atoms with van der Waals surface area (Å²) in [5.74, 6) is -1.29. The van der Waals surface area contributed by atoms with E-state index in [1.807, 2.05) is 14.1 Å². The number of unbranched alkanes of at least 4 members (excludes halogenated alkanes) is 13. The molecule has 1 atom stereocenters. The van der Waals surface area contributed by atoms with Crippen LogP contribution in [-0.2, 0) is 14.3 Å². The van der Waals surface area contributed by atoms with Gasteiger partial charge in [0.2, 0.25) is 0 Å². The van der Waals surface area contributed by atoms with Crippen molar-refractivity contribution in [3.8, 4) is 0 Å². The van der Waals surface area contributed by atoms with Gasteiger partial charge in [0, 0.05) is 19.3 Å². The zero-order valence-corrected chi connectivity index (χ0v) is 20.4.